The van der Waals surface area contributed by atoms with E-state index in [1.165, 1.54) is 24.3 Å². The zero-order valence-corrected chi connectivity index (χ0v) is 14.1. The highest BCUT2D eigenvalue weighted by Gasteiger charge is 2.17. The van der Waals surface area contributed by atoms with Crippen molar-refractivity contribution >= 4 is 32.3 Å². The highest BCUT2D eigenvalue weighted by atomic mass is 35.5. The summed E-state index contributed by atoms with van der Waals surface area (Å²) in [5.41, 5.74) is 1.11. The van der Waals surface area contributed by atoms with Gasteiger partial charge in [-0.2, -0.15) is 5.26 Å². The minimum absolute atomic E-state index is 0.0403. The molecule has 1 N–H and O–H groups in total. The van der Waals surface area contributed by atoms with E-state index in [9.17, 15) is 13.2 Å². The Balaban J connectivity index is 2.39. The molecule has 5 nitrogen and oxygen atoms in total. The van der Waals surface area contributed by atoms with Crippen molar-refractivity contribution in [1.29, 1.82) is 5.26 Å². The number of hydrogen-bond acceptors (Lipinski definition) is 4. The summed E-state index contributed by atoms with van der Waals surface area (Å²) in [5, 5.41) is 9.97. The van der Waals surface area contributed by atoms with Gasteiger partial charge in [-0.15, -0.1) is 0 Å². The lowest BCUT2D eigenvalue weighted by Gasteiger charge is -2.10. The quantitative estimate of drug-likeness (QED) is 0.761. The molecule has 0 aliphatic heterocycles. The van der Waals surface area contributed by atoms with E-state index in [0.717, 1.165) is 6.26 Å². The Labute approximate surface area is 143 Å². The number of halogens is 1. The Morgan fingerprint density at radius 3 is 2.54 bits per heavy atom. The Morgan fingerprint density at radius 2 is 1.88 bits per heavy atom. The smallest absolute Gasteiger partial charge is 0.190 e. The number of aromatic amines is 1. The summed E-state index contributed by atoms with van der Waals surface area (Å²) in [6.45, 7) is 0. The molecule has 0 fully saturated rings. The van der Waals surface area contributed by atoms with Crippen LogP contribution in [0.3, 0.4) is 0 Å². The molecule has 0 bridgehead atoms. The number of hydrogen-bond donors (Lipinski definition) is 1. The second-order valence-electron chi connectivity index (χ2n) is 5.33. The fraction of sp³-hybridized carbons (Fsp3) is 0.0588. The zero-order valence-electron chi connectivity index (χ0n) is 12.5. The van der Waals surface area contributed by atoms with Crippen LogP contribution in [0.5, 0.6) is 0 Å². The molecule has 1 heterocycles. The molecular formula is C17H11ClN2O3S. The van der Waals surface area contributed by atoms with E-state index < -0.39 is 9.84 Å². The summed E-state index contributed by atoms with van der Waals surface area (Å²) in [6, 6.07) is 12.3. The number of nitriles is 1. The fourth-order valence-electron chi connectivity index (χ4n) is 2.50. The average molecular weight is 359 g/mol. The molecular weight excluding hydrogens is 348 g/mol. The molecule has 0 aliphatic rings. The summed E-state index contributed by atoms with van der Waals surface area (Å²) in [5.74, 6) is 0. The molecule has 1 aromatic heterocycles. The van der Waals surface area contributed by atoms with E-state index in [4.69, 9.17) is 16.9 Å². The lowest BCUT2D eigenvalue weighted by molar-refractivity contribution is 0.602. The number of benzene rings is 2. The third kappa shape index (κ3) is 2.92. The van der Waals surface area contributed by atoms with E-state index in [-0.39, 0.29) is 15.9 Å². The first-order chi connectivity index (χ1) is 11.3. The van der Waals surface area contributed by atoms with Crippen molar-refractivity contribution in [2.45, 2.75) is 4.90 Å². The van der Waals surface area contributed by atoms with Gasteiger partial charge in [0.1, 0.15) is 0 Å². The minimum atomic E-state index is -3.54. The Bertz CT molecular complexity index is 1170. The maximum absolute atomic E-state index is 12.3. The number of nitrogens with zero attached hydrogens (tertiary/aromatic N) is 1. The fourth-order valence-corrected chi connectivity index (χ4v) is 3.56. The molecule has 3 rings (SSSR count). The van der Waals surface area contributed by atoms with Crippen molar-refractivity contribution in [1.82, 2.24) is 4.98 Å². The first kappa shape index (κ1) is 16.2. The topological polar surface area (TPSA) is 90.8 Å². The van der Waals surface area contributed by atoms with Crippen LogP contribution in [0.4, 0.5) is 0 Å². The summed E-state index contributed by atoms with van der Waals surface area (Å²) in [7, 11) is -3.54. The third-order valence-electron chi connectivity index (χ3n) is 3.59. The van der Waals surface area contributed by atoms with E-state index in [1.54, 1.807) is 18.2 Å². The molecule has 0 radical (unpaired) electrons. The van der Waals surface area contributed by atoms with Gasteiger partial charge in [0.25, 0.3) is 0 Å². The van der Waals surface area contributed by atoms with E-state index in [0.29, 0.717) is 27.2 Å². The number of sulfone groups is 1. The van der Waals surface area contributed by atoms with Crippen molar-refractivity contribution in [2.24, 2.45) is 0 Å². The molecule has 2 aromatic carbocycles. The Hall–Kier alpha value is -2.62. The molecule has 0 saturated heterocycles. The second-order valence-corrected chi connectivity index (χ2v) is 7.75. The summed E-state index contributed by atoms with van der Waals surface area (Å²) < 4.78 is 24.1. The molecule has 0 spiro atoms. The monoisotopic (exact) mass is 358 g/mol. The van der Waals surface area contributed by atoms with Crippen molar-refractivity contribution in [3.05, 3.63) is 63.3 Å². The molecule has 3 aromatic rings. The van der Waals surface area contributed by atoms with Gasteiger partial charge in [0.15, 0.2) is 15.3 Å². The molecule has 24 heavy (non-hydrogen) atoms. The number of pyridine rings is 1. The highest BCUT2D eigenvalue weighted by Crippen LogP contribution is 2.28. The molecule has 0 saturated carbocycles. The lowest BCUT2D eigenvalue weighted by Crippen LogP contribution is -2.06. The van der Waals surface area contributed by atoms with Gasteiger partial charge in [-0.1, -0.05) is 11.6 Å². The number of fused-ring (bicyclic) bond motifs is 1. The van der Waals surface area contributed by atoms with Gasteiger partial charge in [-0.3, -0.25) is 4.79 Å². The predicted octanol–water partition coefficient (Wildman–Crippen LogP) is 3.12. The van der Waals surface area contributed by atoms with Crippen LogP contribution in [-0.4, -0.2) is 19.7 Å². The van der Waals surface area contributed by atoms with Gasteiger partial charge in [0.2, 0.25) is 0 Å². The lowest BCUT2D eigenvalue weighted by atomic mass is 10.1. The van der Waals surface area contributed by atoms with Gasteiger partial charge in [-0.25, -0.2) is 8.42 Å². The maximum Gasteiger partial charge on any atom is 0.190 e. The predicted molar refractivity (Wildman–Crippen MR) is 92.8 cm³/mol. The minimum Gasteiger partial charge on any atom is -0.354 e. The van der Waals surface area contributed by atoms with Gasteiger partial charge in [0.05, 0.1) is 27.7 Å². The molecule has 0 atom stereocenters. The Morgan fingerprint density at radius 1 is 1.12 bits per heavy atom. The summed E-state index contributed by atoms with van der Waals surface area (Å²) in [4.78, 5) is 15.4. The maximum atomic E-state index is 12.3. The van der Waals surface area contributed by atoms with E-state index in [1.807, 2.05) is 6.07 Å². The van der Waals surface area contributed by atoms with Crippen molar-refractivity contribution in [3.8, 4) is 17.3 Å². The SMILES string of the molecule is CS(=O)(=O)c1ccc(C#N)cc1-c1cc(=O)c2ccc(Cl)cc2[nH]1. The van der Waals surface area contributed by atoms with E-state index >= 15 is 0 Å². The first-order valence-corrected chi connectivity index (χ1v) is 9.14. The summed E-state index contributed by atoms with van der Waals surface area (Å²) >= 11 is 5.96. The third-order valence-corrected chi connectivity index (χ3v) is 4.98. The van der Waals surface area contributed by atoms with E-state index in [2.05, 4.69) is 4.98 Å². The number of aromatic nitrogens is 1. The van der Waals surface area contributed by atoms with Crippen molar-refractivity contribution in [3.63, 3.8) is 0 Å². The van der Waals surface area contributed by atoms with Crippen molar-refractivity contribution in [2.75, 3.05) is 6.26 Å². The molecule has 0 unspecified atom stereocenters. The highest BCUT2D eigenvalue weighted by molar-refractivity contribution is 7.90. The van der Waals surface area contributed by atoms with Gasteiger partial charge < -0.3 is 4.98 Å². The van der Waals surface area contributed by atoms with Crippen LogP contribution >= 0.6 is 11.6 Å². The summed E-state index contributed by atoms with van der Waals surface area (Å²) in [6.07, 6.45) is 1.08. The number of H-pyrrole nitrogens is 1. The van der Waals surface area contributed by atoms with Crippen LogP contribution in [0.25, 0.3) is 22.2 Å². The molecule has 0 amide bonds. The van der Waals surface area contributed by atoms with Crippen LogP contribution < -0.4 is 5.43 Å². The van der Waals surface area contributed by atoms with Crippen LogP contribution in [0, 0.1) is 11.3 Å². The molecule has 120 valence electrons. The Kier molecular flexibility index (Phi) is 3.91. The van der Waals surface area contributed by atoms with Crippen LogP contribution in [0.15, 0.2) is 52.2 Å². The van der Waals surface area contributed by atoms with Crippen LogP contribution in [0.1, 0.15) is 5.56 Å². The van der Waals surface area contributed by atoms with Gasteiger partial charge >= 0.3 is 0 Å². The van der Waals surface area contributed by atoms with Crippen molar-refractivity contribution < 1.29 is 8.42 Å². The zero-order chi connectivity index (χ0) is 17.5. The molecule has 7 heteroatoms. The van der Waals surface area contributed by atoms with Gasteiger partial charge in [0, 0.05) is 28.3 Å². The number of nitrogens with one attached hydrogen (secondary N) is 1. The largest absolute Gasteiger partial charge is 0.354 e. The number of rotatable bonds is 2. The first-order valence-electron chi connectivity index (χ1n) is 6.87. The average Bonchev–Trinajstić information content (AvgIpc) is 2.52. The second kappa shape index (κ2) is 5.78. The molecule has 0 aliphatic carbocycles. The standard InChI is InChI=1S/C17H11ClN2O3S/c1-24(22,23)17-5-2-10(9-19)6-13(17)15-8-16(21)12-4-3-11(18)7-14(12)20-15/h2-8H,1H3,(H,20,21). The van der Waals surface area contributed by atoms with Gasteiger partial charge in [-0.05, 0) is 36.4 Å². The van der Waals surface area contributed by atoms with Crippen LogP contribution in [-0.2, 0) is 9.84 Å². The van der Waals surface area contributed by atoms with Crippen LogP contribution in [0.2, 0.25) is 5.02 Å². The normalized spacial score (nSPS) is 11.4.